The zero-order valence-corrected chi connectivity index (χ0v) is 10.6. The van der Waals surface area contributed by atoms with Crippen molar-refractivity contribution in [2.45, 2.75) is 31.2 Å². The van der Waals surface area contributed by atoms with E-state index in [9.17, 15) is 0 Å². The number of benzene rings is 1. The normalized spacial score (nSPS) is 29.8. The molecule has 0 spiro atoms. The summed E-state index contributed by atoms with van der Waals surface area (Å²) in [6, 6.07) is 9.57. The van der Waals surface area contributed by atoms with E-state index in [0.717, 1.165) is 12.5 Å². The highest BCUT2D eigenvalue weighted by molar-refractivity contribution is 5.36. The van der Waals surface area contributed by atoms with E-state index >= 15 is 0 Å². The van der Waals surface area contributed by atoms with Crippen LogP contribution in [-0.2, 0) is 0 Å². The van der Waals surface area contributed by atoms with Crippen LogP contribution in [0.3, 0.4) is 0 Å². The van der Waals surface area contributed by atoms with Gasteiger partial charge in [0.15, 0.2) is 0 Å². The average molecular weight is 230 g/mol. The molecule has 2 heteroatoms. The van der Waals surface area contributed by atoms with Gasteiger partial charge in [0.1, 0.15) is 0 Å². The van der Waals surface area contributed by atoms with Gasteiger partial charge in [-0.25, -0.2) is 0 Å². The van der Waals surface area contributed by atoms with Gasteiger partial charge in [-0.1, -0.05) is 24.3 Å². The van der Waals surface area contributed by atoms with Crippen LogP contribution >= 0.6 is 0 Å². The minimum Gasteiger partial charge on any atom is -0.330 e. The lowest BCUT2D eigenvalue weighted by molar-refractivity contribution is 0.278. The predicted octanol–water partition coefficient (Wildman–Crippen LogP) is 2.52. The van der Waals surface area contributed by atoms with Gasteiger partial charge >= 0.3 is 0 Å². The molecule has 1 heterocycles. The minimum atomic E-state index is 0.553. The molecule has 1 saturated carbocycles. The lowest BCUT2D eigenvalue weighted by atomic mass is 9.89. The molecule has 17 heavy (non-hydrogen) atoms. The Morgan fingerprint density at radius 1 is 1.18 bits per heavy atom. The van der Waals surface area contributed by atoms with E-state index < -0.39 is 0 Å². The molecular formula is C15H22N2. The first kappa shape index (κ1) is 11.2. The molecule has 0 bridgehead atoms. The van der Waals surface area contributed by atoms with Crippen LogP contribution in [-0.4, -0.2) is 25.0 Å². The molecule has 3 rings (SSSR count). The van der Waals surface area contributed by atoms with Crippen molar-refractivity contribution in [3.63, 3.8) is 0 Å². The molecule has 1 aromatic rings. The summed E-state index contributed by atoms with van der Waals surface area (Å²) in [5.74, 6) is 1.47. The van der Waals surface area contributed by atoms with Crippen molar-refractivity contribution in [1.29, 1.82) is 0 Å². The maximum absolute atomic E-state index is 5.94. The molecule has 0 amide bonds. The third-order valence-electron chi connectivity index (χ3n) is 4.41. The number of nitrogens with two attached hydrogens (primary N) is 1. The van der Waals surface area contributed by atoms with Gasteiger partial charge in [-0.3, -0.25) is 4.90 Å². The van der Waals surface area contributed by atoms with Gasteiger partial charge in [0.05, 0.1) is 0 Å². The Labute approximate surface area is 104 Å². The van der Waals surface area contributed by atoms with Gasteiger partial charge < -0.3 is 5.73 Å². The molecule has 2 atom stereocenters. The summed E-state index contributed by atoms with van der Waals surface area (Å²) in [7, 11) is 2.24. The van der Waals surface area contributed by atoms with Crippen LogP contribution in [0.1, 0.15) is 42.3 Å². The molecular weight excluding hydrogens is 208 g/mol. The Bertz CT molecular complexity index is 398. The van der Waals surface area contributed by atoms with Crippen molar-refractivity contribution in [2.24, 2.45) is 11.7 Å². The first-order valence-electron chi connectivity index (χ1n) is 6.80. The number of hydrogen-bond acceptors (Lipinski definition) is 2. The second-order valence-electron chi connectivity index (χ2n) is 5.61. The smallest absolute Gasteiger partial charge is 0.0388 e. The molecule has 2 N–H and O–H groups in total. The zero-order chi connectivity index (χ0) is 11.8. The second kappa shape index (κ2) is 4.43. The van der Waals surface area contributed by atoms with Crippen molar-refractivity contribution in [1.82, 2.24) is 4.90 Å². The second-order valence-corrected chi connectivity index (χ2v) is 5.61. The highest BCUT2D eigenvalue weighted by atomic mass is 15.2. The summed E-state index contributed by atoms with van der Waals surface area (Å²) in [4.78, 5) is 2.48. The van der Waals surface area contributed by atoms with Crippen LogP contribution < -0.4 is 5.73 Å². The number of rotatable bonds is 3. The third kappa shape index (κ3) is 2.00. The molecule has 2 fully saturated rings. The Hall–Kier alpha value is -0.860. The lowest BCUT2D eigenvalue weighted by Gasteiger charge is -2.27. The van der Waals surface area contributed by atoms with Crippen LogP contribution in [0.4, 0.5) is 0 Å². The fourth-order valence-electron chi connectivity index (χ4n) is 3.31. The monoisotopic (exact) mass is 230 g/mol. The highest BCUT2D eigenvalue weighted by Gasteiger charge is 2.36. The summed E-state index contributed by atoms with van der Waals surface area (Å²) in [6.45, 7) is 2.00. The van der Waals surface area contributed by atoms with Gasteiger partial charge in [-0.15, -0.1) is 0 Å². The summed E-state index contributed by atoms with van der Waals surface area (Å²) in [5, 5.41) is 0. The summed E-state index contributed by atoms with van der Waals surface area (Å²) in [5.41, 5.74) is 9.07. The molecule has 2 nitrogen and oxygen atoms in total. The molecule has 1 aliphatic heterocycles. The SMILES string of the molecule is CN1CCC(CN)C1c1ccccc1C1CC1. The summed E-state index contributed by atoms with van der Waals surface area (Å²) < 4.78 is 0. The predicted molar refractivity (Wildman–Crippen MR) is 70.9 cm³/mol. The standard InChI is InChI=1S/C15H22N2/c1-17-9-8-12(10-16)15(17)14-5-3-2-4-13(14)11-6-7-11/h2-5,11-12,15H,6-10,16H2,1H3. The molecule has 1 saturated heterocycles. The number of likely N-dealkylation sites (tertiary alicyclic amines) is 1. The van der Waals surface area contributed by atoms with Crippen molar-refractivity contribution in [2.75, 3.05) is 20.1 Å². The van der Waals surface area contributed by atoms with Crippen molar-refractivity contribution < 1.29 is 0 Å². The first-order chi connectivity index (χ1) is 8.31. The molecule has 1 aliphatic carbocycles. The Morgan fingerprint density at radius 3 is 2.53 bits per heavy atom. The molecule has 2 unspecified atom stereocenters. The third-order valence-corrected chi connectivity index (χ3v) is 4.41. The summed E-state index contributed by atoms with van der Waals surface area (Å²) >= 11 is 0. The first-order valence-corrected chi connectivity index (χ1v) is 6.80. The molecule has 92 valence electrons. The fourth-order valence-corrected chi connectivity index (χ4v) is 3.31. The van der Waals surface area contributed by atoms with Crippen LogP contribution in [0.25, 0.3) is 0 Å². The fraction of sp³-hybridized carbons (Fsp3) is 0.600. The quantitative estimate of drug-likeness (QED) is 0.864. The summed E-state index contributed by atoms with van der Waals surface area (Å²) in [6.07, 6.45) is 4.00. The van der Waals surface area contributed by atoms with E-state index in [1.54, 1.807) is 11.1 Å². The highest BCUT2D eigenvalue weighted by Crippen LogP contribution is 2.46. The molecule has 0 radical (unpaired) electrons. The van der Waals surface area contributed by atoms with E-state index in [1.165, 1.54) is 25.8 Å². The van der Waals surface area contributed by atoms with Gasteiger partial charge in [0.25, 0.3) is 0 Å². The minimum absolute atomic E-state index is 0.553. The topological polar surface area (TPSA) is 29.3 Å². The van der Waals surface area contributed by atoms with Crippen molar-refractivity contribution >= 4 is 0 Å². The molecule has 2 aliphatic rings. The van der Waals surface area contributed by atoms with Crippen molar-refractivity contribution in [3.8, 4) is 0 Å². The average Bonchev–Trinajstić information content (AvgIpc) is 3.13. The molecule has 1 aromatic carbocycles. The van der Waals surface area contributed by atoms with E-state index in [0.29, 0.717) is 12.0 Å². The van der Waals surface area contributed by atoms with E-state index in [-0.39, 0.29) is 0 Å². The number of hydrogen-bond donors (Lipinski definition) is 1. The van der Waals surface area contributed by atoms with Crippen molar-refractivity contribution in [3.05, 3.63) is 35.4 Å². The largest absolute Gasteiger partial charge is 0.330 e. The van der Waals surface area contributed by atoms with Crippen LogP contribution in [0.15, 0.2) is 24.3 Å². The lowest BCUT2D eigenvalue weighted by Crippen LogP contribution is -2.26. The Balaban J connectivity index is 1.96. The molecule has 0 aromatic heterocycles. The number of nitrogens with zero attached hydrogens (tertiary/aromatic N) is 1. The van der Waals surface area contributed by atoms with E-state index in [4.69, 9.17) is 5.73 Å². The van der Waals surface area contributed by atoms with E-state index in [1.807, 2.05) is 0 Å². The van der Waals surface area contributed by atoms with Crippen LogP contribution in [0.2, 0.25) is 0 Å². The van der Waals surface area contributed by atoms with Gasteiger partial charge in [-0.05, 0) is 62.4 Å². The van der Waals surface area contributed by atoms with Gasteiger partial charge in [-0.2, -0.15) is 0 Å². The van der Waals surface area contributed by atoms with E-state index in [2.05, 4.69) is 36.2 Å². The maximum atomic E-state index is 5.94. The zero-order valence-electron chi connectivity index (χ0n) is 10.6. The Kier molecular flexibility index (Phi) is 2.93. The Morgan fingerprint density at radius 2 is 1.88 bits per heavy atom. The maximum Gasteiger partial charge on any atom is 0.0388 e. The van der Waals surface area contributed by atoms with Crippen LogP contribution in [0, 0.1) is 5.92 Å². The van der Waals surface area contributed by atoms with Gasteiger partial charge in [0.2, 0.25) is 0 Å². The van der Waals surface area contributed by atoms with Crippen LogP contribution in [0.5, 0.6) is 0 Å². The van der Waals surface area contributed by atoms with Gasteiger partial charge in [0, 0.05) is 6.04 Å².